The van der Waals surface area contributed by atoms with E-state index in [1.807, 2.05) is 42.5 Å². The van der Waals surface area contributed by atoms with E-state index in [1.165, 1.54) is 7.11 Å². The Balaban J connectivity index is 1.66. The van der Waals surface area contributed by atoms with E-state index in [2.05, 4.69) is 6.07 Å². The molecule has 128 valence electrons. The van der Waals surface area contributed by atoms with Crippen LogP contribution in [0.25, 0.3) is 11.1 Å². The van der Waals surface area contributed by atoms with E-state index in [1.54, 1.807) is 30.3 Å². The molecule has 0 amide bonds. The summed E-state index contributed by atoms with van der Waals surface area (Å²) in [6.07, 6.45) is 0. The summed E-state index contributed by atoms with van der Waals surface area (Å²) in [6.45, 7) is -0.0589. The molecule has 0 bridgehead atoms. The maximum absolute atomic E-state index is 12.3. The van der Waals surface area contributed by atoms with Crippen molar-refractivity contribution in [3.05, 3.63) is 83.9 Å². The first kappa shape index (κ1) is 17.2. The third-order valence-electron chi connectivity index (χ3n) is 3.98. The lowest BCUT2D eigenvalue weighted by Crippen LogP contribution is -2.12. The number of carbonyl (C=O) groups excluding carboxylic acids is 1. The first-order valence-corrected chi connectivity index (χ1v) is 8.11. The van der Waals surface area contributed by atoms with E-state index in [-0.39, 0.29) is 12.4 Å². The minimum Gasteiger partial charge on any atom is -0.496 e. The molecule has 0 saturated heterocycles. The lowest BCUT2D eigenvalue weighted by Gasteiger charge is -2.09. The lowest BCUT2D eigenvalue weighted by molar-refractivity contribution is 0.0918. The predicted molar refractivity (Wildman–Crippen MR) is 99.4 cm³/mol. The van der Waals surface area contributed by atoms with E-state index >= 15 is 0 Å². The van der Waals surface area contributed by atoms with Gasteiger partial charge in [0.25, 0.3) is 0 Å². The summed E-state index contributed by atoms with van der Waals surface area (Å²) < 4.78 is 10.8. The fourth-order valence-electron chi connectivity index (χ4n) is 2.58. The fourth-order valence-corrected chi connectivity index (χ4v) is 2.58. The summed E-state index contributed by atoms with van der Waals surface area (Å²) in [5, 5.41) is 8.85. The van der Waals surface area contributed by atoms with Gasteiger partial charge in [-0.1, -0.05) is 36.4 Å². The molecule has 0 aliphatic rings. The Kier molecular flexibility index (Phi) is 5.31. The van der Waals surface area contributed by atoms with E-state index in [0.717, 1.165) is 11.1 Å². The van der Waals surface area contributed by atoms with Gasteiger partial charge in [0.15, 0.2) is 6.61 Å². The Morgan fingerprint density at radius 3 is 2.15 bits per heavy atom. The average molecular weight is 343 g/mol. The van der Waals surface area contributed by atoms with Crippen molar-refractivity contribution in [3.63, 3.8) is 0 Å². The van der Waals surface area contributed by atoms with E-state index in [0.29, 0.717) is 22.6 Å². The monoisotopic (exact) mass is 343 g/mol. The fraction of sp³-hybridized carbons (Fsp3) is 0.0909. The number of ether oxygens (including phenoxy) is 2. The van der Waals surface area contributed by atoms with Gasteiger partial charge in [0.2, 0.25) is 5.78 Å². The highest BCUT2D eigenvalue weighted by molar-refractivity contribution is 5.99. The van der Waals surface area contributed by atoms with Gasteiger partial charge in [-0.2, -0.15) is 5.26 Å². The van der Waals surface area contributed by atoms with Crippen molar-refractivity contribution < 1.29 is 14.3 Å². The van der Waals surface area contributed by atoms with Crippen molar-refractivity contribution in [2.75, 3.05) is 13.7 Å². The number of nitrogens with zero attached hydrogens (tertiary/aromatic N) is 1. The van der Waals surface area contributed by atoms with Crippen molar-refractivity contribution in [3.8, 4) is 28.7 Å². The Morgan fingerprint density at radius 1 is 0.923 bits per heavy atom. The summed E-state index contributed by atoms with van der Waals surface area (Å²) in [5.74, 6) is 1.02. The minimum absolute atomic E-state index is 0.0589. The topological polar surface area (TPSA) is 59.3 Å². The second-order valence-electron chi connectivity index (χ2n) is 5.63. The van der Waals surface area contributed by atoms with Crippen LogP contribution in [0.2, 0.25) is 0 Å². The molecule has 3 aromatic carbocycles. The maximum atomic E-state index is 12.3. The number of nitriles is 1. The highest BCUT2D eigenvalue weighted by atomic mass is 16.5. The molecule has 26 heavy (non-hydrogen) atoms. The van der Waals surface area contributed by atoms with Crippen LogP contribution in [0.15, 0.2) is 72.8 Å². The Bertz CT molecular complexity index is 938. The zero-order valence-corrected chi connectivity index (χ0v) is 14.3. The molecule has 0 unspecified atom stereocenters. The van der Waals surface area contributed by atoms with Gasteiger partial charge < -0.3 is 9.47 Å². The number of para-hydroxylation sites is 1. The van der Waals surface area contributed by atoms with Crippen molar-refractivity contribution in [1.29, 1.82) is 5.26 Å². The highest BCUT2D eigenvalue weighted by Crippen LogP contribution is 2.23. The molecule has 0 aliphatic heterocycles. The number of hydrogen-bond acceptors (Lipinski definition) is 4. The summed E-state index contributed by atoms with van der Waals surface area (Å²) in [7, 11) is 1.54. The Hall–Kier alpha value is -3.58. The highest BCUT2D eigenvalue weighted by Gasteiger charge is 2.12. The number of benzene rings is 3. The average Bonchev–Trinajstić information content (AvgIpc) is 2.72. The van der Waals surface area contributed by atoms with Crippen LogP contribution >= 0.6 is 0 Å². The smallest absolute Gasteiger partial charge is 0.203 e. The standard InChI is InChI=1S/C22H17NO3/c1-25-22-5-3-2-4-20(22)21(24)15-26-19-12-10-18(11-13-19)17-8-6-16(14-23)7-9-17/h2-13H,15H2,1H3. The zero-order valence-electron chi connectivity index (χ0n) is 14.3. The number of Topliss-reactive ketones (excluding diaryl/α,β-unsaturated/α-hetero) is 1. The number of rotatable bonds is 6. The molecular formula is C22H17NO3. The van der Waals surface area contributed by atoms with Crippen LogP contribution in [0, 0.1) is 11.3 Å². The van der Waals surface area contributed by atoms with Gasteiger partial charge in [-0.05, 0) is 47.5 Å². The second-order valence-corrected chi connectivity index (χ2v) is 5.63. The van der Waals surface area contributed by atoms with Crippen LogP contribution in [0.4, 0.5) is 0 Å². The molecule has 0 heterocycles. The largest absolute Gasteiger partial charge is 0.496 e. The van der Waals surface area contributed by atoms with Gasteiger partial charge in [0.1, 0.15) is 11.5 Å². The first-order valence-electron chi connectivity index (χ1n) is 8.11. The quantitative estimate of drug-likeness (QED) is 0.619. The summed E-state index contributed by atoms with van der Waals surface area (Å²) in [4.78, 5) is 12.3. The third-order valence-corrected chi connectivity index (χ3v) is 3.98. The van der Waals surface area contributed by atoms with Gasteiger partial charge >= 0.3 is 0 Å². The molecule has 0 fully saturated rings. The third kappa shape index (κ3) is 3.90. The van der Waals surface area contributed by atoms with Crippen LogP contribution in [0.3, 0.4) is 0 Å². The van der Waals surface area contributed by atoms with Crippen LogP contribution in [-0.2, 0) is 0 Å². The number of methoxy groups -OCH3 is 1. The van der Waals surface area contributed by atoms with Crippen LogP contribution in [-0.4, -0.2) is 19.5 Å². The van der Waals surface area contributed by atoms with Crippen LogP contribution in [0.1, 0.15) is 15.9 Å². The molecule has 0 atom stereocenters. The summed E-state index contributed by atoms with van der Waals surface area (Å²) in [6, 6.07) is 24.0. The van der Waals surface area contributed by atoms with Crippen LogP contribution in [0.5, 0.6) is 11.5 Å². The Labute approximate surface area is 152 Å². The van der Waals surface area contributed by atoms with Gasteiger partial charge in [-0.25, -0.2) is 0 Å². The summed E-state index contributed by atoms with van der Waals surface area (Å²) >= 11 is 0. The lowest BCUT2D eigenvalue weighted by atomic mass is 10.0. The zero-order chi connectivity index (χ0) is 18.4. The van der Waals surface area contributed by atoms with E-state index < -0.39 is 0 Å². The predicted octanol–water partition coefficient (Wildman–Crippen LogP) is 4.50. The van der Waals surface area contributed by atoms with Crippen LogP contribution < -0.4 is 9.47 Å². The molecular weight excluding hydrogens is 326 g/mol. The van der Waals surface area contributed by atoms with E-state index in [9.17, 15) is 4.79 Å². The molecule has 0 saturated carbocycles. The number of hydrogen-bond donors (Lipinski definition) is 0. The van der Waals surface area contributed by atoms with Crippen molar-refractivity contribution >= 4 is 5.78 Å². The van der Waals surface area contributed by atoms with Crippen molar-refractivity contribution in [1.82, 2.24) is 0 Å². The molecule has 4 heteroatoms. The van der Waals surface area contributed by atoms with Gasteiger partial charge in [0.05, 0.1) is 24.3 Å². The molecule has 0 aromatic heterocycles. The van der Waals surface area contributed by atoms with Crippen molar-refractivity contribution in [2.45, 2.75) is 0 Å². The van der Waals surface area contributed by atoms with E-state index in [4.69, 9.17) is 14.7 Å². The van der Waals surface area contributed by atoms with Crippen molar-refractivity contribution in [2.24, 2.45) is 0 Å². The SMILES string of the molecule is COc1ccccc1C(=O)COc1ccc(-c2ccc(C#N)cc2)cc1. The molecule has 0 N–H and O–H groups in total. The molecule has 0 spiro atoms. The maximum Gasteiger partial charge on any atom is 0.203 e. The number of ketones is 1. The minimum atomic E-state index is -0.140. The molecule has 4 nitrogen and oxygen atoms in total. The molecule has 0 aliphatic carbocycles. The molecule has 0 radical (unpaired) electrons. The van der Waals surface area contributed by atoms with Gasteiger partial charge in [0, 0.05) is 0 Å². The normalized spacial score (nSPS) is 10.0. The molecule has 3 aromatic rings. The van der Waals surface area contributed by atoms with Gasteiger partial charge in [-0.15, -0.1) is 0 Å². The Morgan fingerprint density at radius 2 is 1.54 bits per heavy atom. The molecule has 3 rings (SSSR count). The second kappa shape index (κ2) is 8.00. The summed E-state index contributed by atoms with van der Waals surface area (Å²) in [5.41, 5.74) is 3.16. The van der Waals surface area contributed by atoms with Gasteiger partial charge in [-0.3, -0.25) is 4.79 Å². The first-order chi connectivity index (χ1) is 12.7. The number of carbonyl (C=O) groups is 1.